The molecule has 2 unspecified atom stereocenters. The largest absolute Gasteiger partial charge is 0.497 e. The number of thiophene rings is 1. The molecule has 1 aromatic carbocycles. The Labute approximate surface area is 183 Å². The molecule has 0 amide bonds. The highest BCUT2D eigenvalue weighted by Crippen LogP contribution is 2.29. The number of nitrogens with zero attached hydrogens (tertiary/aromatic N) is 1. The Balaban J connectivity index is 0.00000364. The van der Waals surface area contributed by atoms with Crippen LogP contribution in [0.5, 0.6) is 11.5 Å². The number of benzene rings is 1. The fraction of sp³-hybridized carbons (Fsp3) is 0.450. The zero-order chi connectivity index (χ0) is 18.9. The smallest absolute Gasteiger partial charge is 0.191 e. The molecule has 0 saturated carbocycles. The van der Waals surface area contributed by atoms with Gasteiger partial charge in [-0.15, -0.1) is 35.3 Å². The molecule has 2 aromatic rings. The average Bonchev–Trinajstić information content (AvgIpc) is 3.17. The second-order valence-electron chi connectivity index (χ2n) is 6.32. The van der Waals surface area contributed by atoms with Crippen molar-refractivity contribution in [2.45, 2.75) is 26.3 Å². The monoisotopic (exact) mass is 503 g/mol. The predicted molar refractivity (Wildman–Crippen MR) is 125 cm³/mol. The van der Waals surface area contributed by atoms with Gasteiger partial charge in [-0.1, -0.05) is 13.0 Å². The van der Waals surface area contributed by atoms with Crippen LogP contribution >= 0.6 is 35.3 Å². The van der Waals surface area contributed by atoms with E-state index in [0.29, 0.717) is 5.92 Å². The maximum absolute atomic E-state index is 5.48. The molecule has 1 heterocycles. The summed E-state index contributed by atoms with van der Waals surface area (Å²) in [7, 11) is 5.13. The number of hydrogen-bond acceptors (Lipinski definition) is 4. The van der Waals surface area contributed by atoms with E-state index in [4.69, 9.17) is 9.47 Å². The average molecular weight is 503 g/mol. The predicted octanol–water partition coefficient (Wildman–Crippen LogP) is 4.49. The van der Waals surface area contributed by atoms with Gasteiger partial charge in [0, 0.05) is 24.0 Å². The molecule has 150 valence electrons. The molecule has 27 heavy (non-hydrogen) atoms. The van der Waals surface area contributed by atoms with Crippen molar-refractivity contribution in [2.24, 2.45) is 10.9 Å². The summed E-state index contributed by atoms with van der Waals surface area (Å²) in [5, 5.41) is 8.97. The van der Waals surface area contributed by atoms with Crippen molar-refractivity contribution in [3.8, 4) is 11.5 Å². The van der Waals surface area contributed by atoms with E-state index >= 15 is 0 Å². The normalized spacial score (nSPS) is 13.3. The van der Waals surface area contributed by atoms with Gasteiger partial charge in [-0.05, 0) is 48.9 Å². The van der Waals surface area contributed by atoms with E-state index in [0.717, 1.165) is 36.0 Å². The maximum Gasteiger partial charge on any atom is 0.191 e. The van der Waals surface area contributed by atoms with Crippen molar-refractivity contribution in [1.29, 1.82) is 0 Å². The van der Waals surface area contributed by atoms with Gasteiger partial charge in [0.2, 0.25) is 0 Å². The van der Waals surface area contributed by atoms with Crippen LogP contribution in [0.2, 0.25) is 0 Å². The lowest BCUT2D eigenvalue weighted by Gasteiger charge is -2.22. The Morgan fingerprint density at radius 2 is 1.96 bits per heavy atom. The van der Waals surface area contributed by atoms with Crippen LogP contribution in [0.3, 0.4) is 0 Å². The van der Waals surface area contributed by atoms with E-state index in [2.05, 4.69) is 47.0 Å². The van der Waals surface area contributed by atoms with E-state index in [1.807, 2.05) is 29.5 Å². The number of aliphatic imine (C=N–C) groups is 1. The molecule has 2 rings (SSSR count). The summed E-state index contributed by atoms with van der Waals surface area (Å²) in [5.74, 6) is 2.93. The maximum atomic E-state index is 5.48. The van der Waals surface area contributed by atoms with Gasteiger partial charge < -0.3 is 20.1 Å². The lowest BCUT2D eigenvalue weighted by molar-refractivity contribution is 0.394. The molecule has 5 nitrogen and oxygen atoms in total. The van der Waals surface area contributed by atoms with Crippen molar-refractivity contribution >= 4 is 41.3 Å². The lowest BCUT2D eigenvalue weighted by Crippen LogP contribution is -2.40. The Hall–Kier alpha value is -1.48. The first-order chi connectivity index (χ1) is 12.6. The number of halogens is 1. The minimum atomic E-state index is 0. The molecule has 0 spiro atoms. The van der Waals surface area contributed by atoms with Crippen LogP contribution in [0.1, 0.15) is 30.3 Å². The molecule has 0 fully saturated rings. The van der Waals surface area contributed by atoms with Gasteiger partial charge in [0.05, 0.1) is 20.3 Å². The van der Waals surface area contributed by atoms with E-state index in [9.17, 15) is 0 Å². The van der Waals surface area contributed by atoms with Gasteiger partial charge in [0.15, 0.2) is 5.96 Å². The topological polar surface area (TPSA) is 54.9 Å². The molecular weight excluding hydrogens is 473 g/mol. The second kappa shape index (κ2) is 12.1. The molecule has 0 bridgehead atoms. The molecule has 7 heteroatoms. The van der Waals surface area contributed by atoms with Gasteiger partial charge >= 0.3 is 0 Å². The zero-order valence-electron chi connectivity index (χ0n) is 16.6. The minimum absolute atomic E-state index is 0. The van der Waals surface area contributed by atoms with Crippen LogP contribution in [0.15, 0.2) is 40.7 Å². The SMILES string of the molecule is CN=C(NCC(C)Cc1cccs1)NC(C)c1cc(OC)ccc1OC.I. The molecule has 0 aliphatic rings. The Morgan fingerprint density at radius 1 is 1.19 bits per heavy atom. The van der Waals surface area contributed by atoms with Crippen LogP contribution in [0.25, 0.3) is 0 Å². The van der Waals surface area contributed by atoms with Crippen molar-refractivity contribution in [1.82, 2.24) is 10.6 Å². The van der Waals surface area contributed by atoms with Crippen LogP contribution in [-0.2, 0) is 6.42 Å². The molecule has 0 saturated heterocycles. The highest BCUT2D eigenvalue weighted by Gasteiger charge is 2.15. The third kappa shape index (κ3) is 7.21. The van der Waals surface area contributed by atoms with Gasteiger partial charge in [-0.25, -0.2) is 0 Å². The number of ether oxygens (including phenoxy) is 2. The molecular formula is C20H30IN3O2S. The summed E-state index contributed by atoms with van der Waals surface area (Å²) >= 11 is 1.81. The van der Waals surface area contributed by atoms with Crippen molar-refractivity contribution in [3.05, 3.63) is 46.2 Å². The number of rotatable bonds is 8. The molecule has 0 aliphatic carbocycles. The van der Waals surface area contributed by atoms with Crippen LogP contribution in [0, 0.1) is 5.92 Å². The van der Waals surface area contributed by atoms with Crippen LogP contribution in [-0.4, -0.2) is 33.8 Å². The Morgan fingerprint density at radius 3 is 2.56 bits per heavy atom. The second-order valence-corrected chi connectivity index (χ2v) is 7.35. The Bertz CT molecular complexity index is 707. The summed E-state index contributed by atoms with van der Waals surface area (Å²) in [6.07, 6.45) is 1.07. The van der Waals surface area contributed by atoms with Gasteiger partial charge in [-0.3, -0.25) is 4.99 Å². The minimum Gasteiger partial charge on any atom is -0.497 e. The third-order valence-electron chi connectivity index (χ3n) is 4.23. The first-order valence-corrected chi connectivity index (χ1v) is 9.66. The van der Waals surface area contributed by atoms with E-state index < -0.39 is 0 Å². The number of nitrogens with one attached hydrogen (secondary N) is 2. The van der Waals surface area contributed by atoms with E-state index in [-0.39, 0.29) is 30.0 Å². The highest BCUT2D eigenvalue weighted by molar-refractivity contribution is 14.0. The van der Waals surface area contributed by atoms with Gasteiger partial charge in [0.1, 0.15) is 11.5 Å². The summed E-state index contributed by atoms with van der Waals surface area (Å²) in [5.41, 5.74) is 1.03. The standard InChI is InChI=1S/C20H29N3O2S.HI/c1-14(11-17-7-6-10-26-17)13-22-20(21-3)23-15(2)18-12-16(24-4)8-9-19(18)25-5;/h6-10,12,14-15H,11,13H2,1-5H3,(H2,21,22,23);1H. The molecule has 0 radical (unpaired) electrons. The molecule has 0 aliphatic heterocycles. The fourth-order valence-electron chi connectivity index (χ4n) is 2.77. The highest BCUT2D eigenvalue weighted by atomic mass is 127. The first-order valence-electron chi connectivity index (χ1n) is 8.78. The van der Waals surface area contributed by atoms with Gasteiger partial charge in [-0.2, -0.15) is 0 Å². The Kier molecular flexibility index (Phi) is 10.5. The van der Waals surface area contributed by atoms with E-state index in [1.165, 1.54) is 4.88 Å². The summed E-state index contributed by atoms with van der Waals surface area (Å²) in [4.78, 5) is 5.76. The summed E-state index contributed by atoms with van der Waals surface area (Å²) < 4.78 is 10.8. The quantitative estimate of drug-likeness (QED) is 0.317. The lowest BCUT2D eigenvalue weighted by atomic mass is 10.1. The van der Waals surface area contributed by atoms with Crippen molar-refractivity contribution in [2.75, 3.05) is 27.8 Å². The summed E-state index contributed by atoms with van der Waals surface area (Å²) in [6, 6.07) is 10.1. The van der Waals surface area contributed by atoms with Crippen molar-refractivity contribution in [3.63, 3.8) is 0 Å². The fourth-order valence-corrected chi connectivity index (χ4v) is 3.64. The van der Waals surface area contributed by atoms with Gasteiger partial charge in [0.25, 0.3) is 0 Å². The molecule has 2 N–H and O–H groups in total. The molecule has 1 aromatic heterocycles. The number of hydrogen-bond donors (Lipinski definition) is 2. The molecule has 2 atom stereocenters. The van der Waals surface area contributed by atoms with Crippen molar-refractivity contribution < 1.29 is 9.47 Å². The zero-order valence-corrected chi connectivity index (χ0v) is 19.8. The van der Waals surface area contributed by atoms with Crippen LogP contribution < -0.4 is 20.1 Å². The third-order valence-corrected chi connectivity index (χ3v) is 5.13. The summed E-state index contributed by atoms with van der Waals surface area (Å²) in [6.45, 7) is 5.19. The number of methoxy groups -OCH3 is 2. The first kappa shape index (κ1) is 23.6. The van der Waals surface area contributed by atoms with E-state index in [1.54, 1.807) is 21.3 Å². The van der Waals surface area contributed by atoms with Crippen LogP contribution in [0.4, 0.5) is 0 Å². The number of guanidine groups is 1.